The van der Waals surface area contributed by atoms with E-state index in [1.807, 2.05) is 0 Å². The molecule has 94 valence electrons. The molecule has 0 radical (unpaired) electrons. The molecule has 0 bridgehead atoms. The SMILES string of the molecule is CCOC(=O)[C@@H](O)C(F)(F)c1ccc(F)cc1. The van der Waals surface area contributed by atoms with Gasteiger partial charge in [0.2, 0.25) is 6.10 Å². The number of esters is 1. The molecular weight excluding hydrogens is 237 g/mol. The summed E-state index contributed by atoms with van der Waals surface area (Å²) in [5, 5.41) is 9.18. The minimum absolute atomic E-state index is 0.116. The Morgan fingerprint density at radius 2 is 1.94 bits per heavy atom. The fraction of sp³-hybridized carbons (Fsp3) is 0.364. The maximum Gasteiger partial charge on any atom is 0.341 e. The number of benzene rings is 1. The zero-order chi connectivity index (χ0) is 13.1. The summed E-state index contributed by atoms with van der Waals surface area (Å²) >= 11 is 0. The lowest BCUT2D eigenvalue weighted by atomic mass is 10.0. The first-order valence-electron chi connectivity index (χ1n) is 4.88. The molecule has 0 aliphatic carbocycles. The molecule has 0 spiro atoms. The number of hydrogen-bond donors (Lipinski definition) is 1. The second kappa shape index (κ2) is 5.18. The van der Waals surface area contributed by atoms with Gasteiger partial charge >= 0.3 is 11.9 Å². The molecule has 0 unspecified atom stereocenters. The van der Waals surface area contributed by atoms with Crippen LogP contribution in [0.25, 0.3) is 0 Å². The van der Waals surface area contributed by atoms with Gasteiger partial charge < -0.3 is 9.84 Å². The van der Waals surface area contributed by atoms with Crippen LogP contribution in [0.3, 0.4) is 0 Å². The van der Waals surface area contributed by atoms with E-state index in [4.69, 9.17) is 0 Å². The summed E-state index contributed by atoms with van der Waals surface area (Å²) < 4.78 is 44.0. The molecule has 0 heterocycles. The van der Waals surface area contributed by atoms with E-state index in [9.17, 15) is 23.1 Å². The Bertz CT molecular complexity index is 389. The average Bonchev–Trinajstić information content (AvgIpc) is 2.29. The van der Waals surface area contributed by atoms with E-state index < -0.39 is 29.4 Å². The summed E-state index contributed by atoms with van der Waals surface area (Å²) in [5.41, 5.74) is -0.653. The second-order valence-corrected chi connectivity index (χ2v) is 3.28. The number of rotatable bonds is 4. The number of aliphatic hydroxyl groups is 1. The van der Waals surface area contributed by atoms with Gasteiger partial charge in [-0.25, -0.2) is 9.18 Å². The van der Waals surface area contributed by atoms with Gasteiger partial charge in [-0.15, -0.1) is 0 Å². The molecule has 1 aromatic rings. The van der Waals surface area contributed by atoms with Crippen LogP contribution in [0.4, 0.5) is 13.2 Å². The molecule has 1 N–H and O–H groups in total. The Balaban J connectivity index is 2.93. The Morgan fingerprint density at radius 1 is 1.41 bits per heavy atom. The lowest BCUT2D eigenvalue weighted by molar-refractivity contribution is -0.178. The third-order valence-corrected chi connectivity index (χ3v) is 2.08. The number of carbonyl (C=O) groups is 1. The Hall–Kier alpha value is -1.56. The Kier molecular flexibility index (Phi) is 4.11. The average molecular weight is 248 g/mol. The van der Waals surface area contributed by atoms with Crippen molar-refractivity contribution >= 4 is 5.97 Å². The topological polar surface area (TPSA) is 46.5 Å². The highest BCUT2D eigenvalue weighted by Crippen LogP contribution is 2.32. The van der Waals surface area contributed by atoms with Gasteiger partial charge in [-0.05, 0) is 19.1 Å². The molecule has 17 heavy (non-hydrogen) atoms. The van der Waals surface area contributed by atoms with Crippen molar-refractivity contribution in [3.63, 3.8) is 0 Å². The van der Waals surface area contributed by atoms with Crippen LogP contribution in [0.15, 0.2) is 24.3 Å². The minimum Gasteiger partial charge on any atom is -0.464 e. The third-order valence-electron chi connectivity index (χ3n) is 2.08. The van der Waals surface area contributed by atoms with Gasteiger partial charge in [0, 0.05) is 5.56 Å². The van der Waals surface area contributed by atoms with Gasteiger partial charge in [0.15, 0.2) is 0 Å². The number of halogens is 3. The van der Waals surface area contributed by atoms with Crippen LogP contribution >= 0.6 is 0 Å². The highest BCUT2D eigenvalue weighted by atomic mass is 19.3. The van der Waals surface area contributed by atoms with Crippen molar-refractivity contribution in [2.24, 2.45) is 0 Å². The number of carbonyl (C=O) groups excluding carboxylic acids is 1. The van der Waals surface area contributed by atoms with Crippen LogP contribution in [0.1, 0.15) is 12.5 Å². The standard InChI is InChI=1S/C11H11F3O3/c1-2-17-10(16)9(15)11(13,14)7-3-5-8(12)6-4-7/h3-6,9,15H,2H2,1H3/t9-/m1/s1. The van der Waals surface area contributed by atoms with Crippen LogP contribution < -0.4 is 0 Å². The fourth-order valence-electron chi connectivity index (χ4n) is 1.20. The molecule has 0 saturated carbocycles. The third kappa shape index (κ3) is 2.97. The van der Waals surface area contributed by atoms with Gasteiger partial charge in [-0.3, -0.25) is 0 Å². The highest BCUT2D eigenvalue weighted by Gasteiger charge is 2.45. The largest absolute Gasteiger partial charge is 0.464 e. The van der Waals surface area contributed by atoms with Crippen molar-refractivity contribution in [3.05, 3.63) is 35.6 Å². The van der Waals surface area contributed by atoms with Crippen molar-refractivity contribution in [2.45, 2.75) is 19.0 Å². The molecule has 1 atom stereocenters. The molecule has 0 aliphatic heterocycles. The summed E-state index contributed by atoms with van der Waals surface area (Å²) in [6.07, 6.45) is -2.60. The fourth-order valence-corrected chi connectivity index (χ4v) is 1.20. The number of aliphatic hydroxyl groups excluding tert-OH is 1. The van der Waals surface area contributed by atoms with E-state index in [2.05, 4.69) is 4.74 Å². The smallest absolute Gasteiger partial charge is 0.341 e. The lowest BCUT2D eigenvalue weighted by Gasteiger charge is -2.21. The Morgan fingerprint density at radius 3 is 2.41 bits per heavy atom. The lowest BCUT2D eigenvalue weighted by Crippen LogP contribution is -2.39. The summed E-state index contributed by atoms with van der Waals surface area (Å²) in [4.78, 5) is 11.0. The van der Waals surface area contributed by atoms with Crippen molar-refractivity contribution in [3.8, 4) is 0 Å². The minimum atomic E-state index is -3.82. The van der Waals surface area contributed by atoms with Gasteiger partial charge in [-0.2, -0.15) is 8.78 Å². The molecule has 0 amide bonds. The van der Waals surface area contributed by atoms with Gasteiger partial charge in [0.25, 0.3) is 0 Å². The van der Waals surface area contributed by atoms with Crippen LogP contribution in [0.2, 0.25) is 0 Å². The molecule has 0 aromatic heterocycles. The van der Waals surface area contributed by atoms with Crippen LogP contribution in [-0.2, 0) is 15.5 Å². The zero-order valence-corrected chi connectivity index (χ0v) is 8.99. The number of ether oxygens (including phenoxy) is 1. The number of hydrogen-bond acceptors (Lipinski definition) is 3. The molecule has 3 nitrogen and oxygen atoms in total. The van der Waals surface area contributed by atoms with E-state index in [0.29, 0.717) is 0 Å². The Labute approximate surface area is 95.8 Å². The maximum absolute atomic E-state index is 13.6. The van der Waals surface area contributed by atoms with Crippen LogP contribution in [-0.4, -0.2) is 23.8 Å². The molecule has 0 fully saturated rings. The molecule has 1 aromatic carbocycles. The van der Waals surface area contributed by atoms with Gasteiger partial charge in [0.05, 0.1) is 6.61 Å². The van der Waals surface area contributed by atoms with E-state index in [-0.39, 0.29) is 6.61 Å². The van der Waals surface area contributed by atoms with E-state index in [1.165, 1.54) is 6.92 Å². The monoisotopic (exact) mass is 248 g/mol. The normalized spacial score (nSPS) is 13.2. The molecule has 6 heteroatoms. The maximum atomic E-state index is 13.6. The van der Waals surface area contributed by atoms with Gasteiger partial charge in [-0.1, -0.05) is 12.1 Å². The molecule has 0 aliphatic rings. The van der Waals surface area contributed by atoms with E-state index in [1.54, 1.807) is 0 Å². The van der Waals surface area contributed by atoms with Gasteiger partial charge in [0.1, 0.15) is 5.82 Å². The highest BCUT2D eigenvalue weighted by molar-refractivity contribution is 5.76. The first kappa shape index (κ1) is 13.5. The summed E-state index contributed by atoms with van der Waals surface area (Å²) in [5.74, 6) is -5.92. The predicted molar refractivity (Wildman–Crippen MR) is 52.9 cm³/mol. The molecular formula is C11H11F3O3. The van der Waals surface area contributed by atoms with E-state index in [0.717, 1.165) is 24.3 Å². The van der Waals surface area contributed by atoms with Crippen LogP contribution in [0, 0.1) is 5.82 Å². The van der Waals surface area contributed by atoms with Crippen molar-refractivity contribution in [1.82, 2.24) is 0 Å². The molecule has 1 rings (SSSR count). The van der Waals surface area contributed by atoms with E-state index >= 15 is 0 Å². The second-order valence-electron chi connectivity index (χ2n) is 3.28. The number of alkyl halides is 2. The van der Waals surface area contributed by atoms with Crippen molar-refractivity contribution in [2.75, 3.05) is 6.61 Å². The van der Waals surface area contributed by atoms with Crippen molar-refractivity contribution < 1.29 is 27.8 Å². The summed E-state index contributed by atoms with van der Waals surface area (Å²) in [7, 11) is 0. The predicted octanol–water partition coefficient (Wildman–Crippen LogP) is 1.84. The molecule has 0 saturated heterocycles. The van der Waals surface area contributed by atoms with Crippen LogP contribution in [0.5, 0.6) is 0 Å². The quantitative estimate of drug-likeness (QED) is 0.827. The first-order chi connectivity index (χ1) is 7.89. The summed E-state index contributed by atoms with van der Waals surface area (Å²) in [6.45, 7) is 1.32. The summed E-state index contributed by atoms with van der Waals surface area (Å²) in [6, 6.07) is 3.25. The first-order valence-corrected chi connectivity index (χ1v) is 4.88. The zero-order valence-electron chi connectivity index (χ0n) is 8.99. The van der Waals surface area contributed by atoms with Crippen molar-refractivity contribution in [1.29, 1.82) is 0 Å².